The second-order valence-electron chi connectivity index (χ2n) is 3.32. The van der Waals surface area contributed by atoms with Crippen molar-refractivity contribution in [3.8, 4) is 0 Å². The van der Waals surface area contributed by atoms with Gasteiger partial charge in [-0.05, 0) is 12.0 Å². The Morgan fingerprint density at radius 3 is 2.77 bits per heavy atom. The van der Waals surface area contributed by atoms with Crippen LogP contribution < -0.4 is 0 Å². The van der Waals surface area contributed by atoms with E-state index < -0.39 is 0 Å². The Hall–Kier alpha value is -1.15. The van der Waals surface area contributed by atoms with Gasteiger partial charge in [0.2, 0.25) is 0 Å². The van der Waals surface area contributed by atoms with Crippen molar-refractivity contribution >= 4 is 6.21 Å². The molecule has 2 nitrogen and oxygen atoms in total. The number of aliphatic imine (C=N–C) groups is 1. The molecule has 0 atom stereocenters. The third kappa shape index (κ3) is 2.39. The summed E-state index contributed by atoms with van der Waals surface area (Å²) in [5, 5.41) is 0. The van der Waals surface area contributed by atoms with E-state index in [0.717, 1.165) is 26.2 Å². The molecule has 2 rings (SSSR count). The van der Waals surface area contributed by atoms with E-state index in [2.05, 4.69) is 40.2 Å². The Kier molecular flexibility index (Phi) is 2.72. The predicted octanol–water partition coefficient (Wildman–Crippen LogP) is 1.57. The molecule has 13 heavy (non-hydrogen) atoms. The molecular formula is C11H14N2. The molecule has 0 spiro atoms. The van der Waals surface area contributed by atoms with Gasteiger partial charge in [0.05, 0.1) is 6.67 Å². The van der Waals surface area contributed by atoms with Crippen LogP contribution in [0, 0.1) is 0 Å². The van der Waals surface area contributed by atoms with Crippen LogP contribution in [0.15, 0.2) is 35.3 Å². The zero-order valence-corrected chi connectivity index (χ0v) is 7.69. The molecule has 2 heteroatoms. The standard InChI is InChI=1S/C11H14N2/c1-2-4-11(5-3-1)6-8-13-9-7-12-10-13/h1-5,7H,6,8-10H2. The van der Waals surface area contributed by atoms with Crippen LogP contribution in [0.2, 0.25) is 0 Å². The molecule has 0 saturated carbocycles. The van der Waals surface area contributed by atoms with E-state index in [1.807, 2.05) is 6.21 Å². The number of hydrogen-bond donors (Lipinski definition) is 0. The second kappa shape index (κ2) is 4.19. The van der Waals surface area contributed by atoms with Crippen LogP contribution in [0.4, 0.5) is 0 Å². The lowest BCUT2D eigenvalue weighted by atomic mass is 10.1. The average molecular weight is 174 g/mol. The number of benzene rings is 1. The molecule has 0 aliphatic carbocycles. The molecule has 1 aromatic rings. The monoisotopic (exact) mass is 174 g/mol. The fourth-order valence-corrected chi connectivity index (χ4v) is 1.50. The third-order valence-corrected chi connectivity index (χ3v) is 2.31. The summed E-state index contributed by atoms with van der Waals surface area (Å²) in [6, 6.07) is 10.6. The maximum Gasteiger partial charge on any atom is 0.0909 e. The van der Waals surface area contributed by atoms with E-state index in [1.165, 1.54) is 5.56 Å². The zero-order chi connectivity index (χ0) is 8.93. The highest BCUT2D eigenvalue weighted by Crippen LogP contribution is 2.02. The van der Waals surface area contributed by atoms with Gasteiger partial charge in [-0.1, -0.05) is 30.3 Å². The van der Waals surface area contributed by atoms with E-state index in [-0.39, 0.29) is 0 Å². The largest absolute Gasteiger partial charge is 0.281 e. The number of rotatable bonds is 3. The minimum Gasteiger partial charge on any atom is -0.281 e. The van der Waals surface area contributed by atoms with Crippen molar-refractivity contribution in [2.45, 2.75) is 6.42 Å². The molecular weight excluding hydrogens is 160 g/mol. The fraction of sp³-hybridized carbons (Fsp3) is 0.364. The van der Waals surface area contributed by atoms with Crippen molar-refractivity contribution in [1.82, 2.24) is 4.90 Å². The van der Waals surface area contributed by atoms with Crippen molar-refractivity contribution < 1.29 is 0 Å². The van der Waals surface area contributed by atoms with Crippen LogP contribution in [0.5, 0.6) is 0 Å². The molecule has 1 aliphatic rings. The first-order valence-corrected chi connectivity index (χ1v) is 4.70. The maximum absolute atomic E-state index is 4.18. The van der Waals surface area contributed by atoms with Gasteiger partial charge in [-0.25, -0.2) is 0 Å². The third-order valence-electron chi connectivity index (χ3n) is 2.31. The maximum atomic E-state index is 4.18. The van der Waals surface area contributed by atoms with Crippen LogP contribution in [-0.4, -0.2) is 30.9 Å². The summed E-state index contributed by atoms with van der Waals surface area (Å²) < 4.78 is 0. The van der Waals surface area contributed by atoms with Crippen molar-refractivity contribution in [2.75, 3.05) is 19.8 Å². The van der Waals surface area contributed by atoms with Gasteiger partial charge in [-0.2, -0.15) is 0 Å². The van der Waals surface area contributed by atoms with Gasteiger partial charge in [0.25, 0.3) is 0 Å². The van der Waals surface area contributed by atoms with Crippen LogP contribution in [-0.2, 0) is 6.42 Å². The SMILES string of the molecule is C1=NCN(CCc2ccccc2)C1. The van der Waals surface area contributed by atoms with Gasteiger partial charge in [-0.3, -0.25) is 9.89 Å². The first-order chi connectivity index (χ1) is 6.45. The number of nitrogens with zero attached hydrogens (tertiary/aromatic N) is 2. The summed E-state index contributed by atoms with van der Waals surface area (Å²) in [6.07, 6.45) is 3.12. The summed E-state index contributed by atoms with van der Waals surface area (Å²) >= 11 is 0. The molecule has 0 N–H and O–H groups in total. The summed E-state index contributed by atoms with van der Waals surface area (Å²) in [4.78, 5) is 6.52. The quantitative estimate of drug-likeness (QED) is 0.679. The van der Waals surface area contributed by atoms with Crippen LogP contribution >= 0.6 is 0 Å². The molecule has 0 fully saturated rings. The summed E-state index contributed by atoms with van der Waals surface area (Å²) in [5.41, 5.74) is 1.41. The van der Waals surface area contributed by atoms with Crippen molar-refractivity contribution in [1.29, 1.82) is 0 Å². The minimum atomic E-state index is 0.882. The highest BCUT2D eigenvalue weighted by molar-refractivity contribution is 5.61. The smallest absolute Gasteiger partial charge is 0.0909 e. The summed E-state index contributed by atoms with van der Waals surface area (Å²) in [7, 11) is 0. The Labute approximate surface area is 78.9 Å². The Balaban J connectivity index is 1.80. The van der Waals surface area contributed by atoms with Crippen molar-refractivity contribution in [3.05, 3.63) is 35.9 Å². The predicted molar refractivity (Wildman–Crippen MR) is 55.1 cm³/mol. The highest BCUT2D eigenvalue weighted by Gasteiger charge is 2.05. The molecule has 0 unspecified atom stereocenters. The van der Waals surface area contributed by atoms with E-state index in [4.69, 9.17) is 0 Å². The van der Waals surface area contributed by atoms with Gasteiger partial charge in [0.15, 0.2) is 0 Å². The van der Waals surface area contributed by atoms with Crippen molar-refractivity contribution in [3.63, 3.8) is 0 Å². The molecule has 1 aromatic carbocycles. The van der Waals surface area contributed by atoms with Gasteiger partial charge in [0, 0.05) is 19.3 Å². The van der Waals surface area contributed by atoms with E-state index >= 15 is 0 Å². The summed E-state index contributed by atoms with van der Waals surface area (Å²) in [5.74, 6) is 0. The molecule has 0 saturated heterocycles. The van der Waals surface area contributed by atoms with Crippen LogP contribution in [0.3, 0.4) is 0 Å². The molecule has 0 amide bonds. The first-order valence-electron chi connectivity index (χ1n) is 4.70. The second-order valence-corrected chi connectivity index (χ2v) is 3.32. The molecule has 0 aromatic heterocycles. The molecule has 1 aliphatic heterocycles. The minimum absolute atomic E-state index is 0.882. The Morgan fingerprint density at radius 1 is 1.23 bits per heavy atom. The molecule has 0 radical (unpaired) electrons. The lowest BCUT2D eigenvalue weighted by Gasteiger charge is -2.12. The topological polar surface area (TPSA) is 15.6 Å². The molecule has 0 bridgehead atoms. The number of hydrogen-bond acceptors (Lipinski definition) is 2. The summed E-state index contributed by atoms with van der Waals surface area (Å²) in [6.45, 7) is 3.02. The van der Waals surface area contributed by atoms with Gasteiger partial charge >= 0.3 is 0 Å². The normalized spacial score (nSPS) is 16.6. The zero-order valence-electron chi connectivity index (χ0n) is 7.69. The Morgan fingerprint density at radius 2 is 2.08 bits per heavy atom. The lowest BCUT2D eigenvalue weighted by Crippen LogP contribution is -2.23. The van der Waals surface area contributed by atoms with Crippen molar-refractivity contribution in [2.24, 2.45) is 4.99 Å². The lowest BCUT2D eigenvalue weighted by molar-refractivity contribution is 0.347. The molecule has 68 valence electrons. The van der Waals surface area contributed by atoms with E-state index in [1.54, 1.807) is 0 Å². The van der Waals surface area contributed by atoms with E-state index in [9.17, 15) is 0 Å². The van der Waals surface area contributed by atoms with Gasteiger partial charge < -0.3 is 0 Å². The Bertz CT molecular complexity index is 271. The average Bonchev–Trinajstić information content (AvgIpc) is 2.69. The fourth-order valence-electron chi connectivity index (χ4n) is 1.50. The van der Waals surface area contributed by atoms with Crippen LogP contribution in [0.25, 0.3) is 0 Å². The van der Waals surface area contributed by atoms with E-state index in [0.29, 0.717) is 0 Å². The molecule has 1 heterocycles. The highest BCUT2D eigenvalue weighted by atomic mass is 15.2. The first kappa shape index (κ1) is 8.45. The van der Waals surface area contributed by atoms with Gasteiger partial charge in [-0.15, -0.1) is 0 Å². The van der Waals surface area contributed by atoms with Crippen LogP contribution in [0.1, 0.15) is 5.56 Å². The van der Waals surface area contributed by atoms with Gasteiger partial charge in [0.1, 0.15) is 0 Å².